The molecule has 0 heterocycles. The van der Waals surface area contributed by atoms with Crippen molar-refractivity contribution < 1.29 is 0 Å². The summed E-state index contributed by atoms with van der Waals surface area (Å²) in [4.78, 5) is 0. The maximum absolute atomic E-state index is 2.47. The Morgan fingerprint density at radius 2 is 0.789 bits per heavy atom. The number of allylic oxidation sites excluding steroid dienone is 2. The van der Waals surface area contributed by atoms with E-state index in [2.05, 4.69) is 83.1 Å². The van der Waals surface area contributed by atoms with Crippen LogP contribution in [0.1, 0.15) is 83.1 Å². The standard InChI is InChI=1S/C19H36/c1-13-14(2)18(11,12)19(15(3,4)5,16(6,7)8)17(13,9)10/h1-12H3. The van der Waals surface area contributed by atoms with Crippen molar-refractivity contribution in [3.8, 4) is 0 Å². The molecule has 0 saturated carbocycles. The van der Waals surface area contributed by atoms with Crippen molar-refractivity contribution in [2.75, 3.05) is 0 Å². The van der Waals surface area contributed by atoms with Crippen molar-refractivity contribution in [3.63, 3.8) is 0 Å². The van der Waals surface area contributed by atoms with Crippen LogP contribution in [0.4, 0.5) is 0 Å². The van der Waals surface area contributed by atoms with E-state index in [1.807, 2.05) is 0 Å². The van der Waals surface area contributed by atoms with E-state index in [1.54, 1.807) is 11.1 Å². The summed E-state index contributed by atoms with van der Waals surface area (Å²) in [6.07, 6.45) is 0. The van der Waals surface area contributed by atoms with Crippen LogP contribution in [0.15, 0.2) is 11.1 Å². The molecule has 0 atom stereocenters. The van der Waals surface area contributed by atoms with Gasteiger partial charge in [0.25, 0.3) is 0 Å². The van der Waals surface area contributed by atoms with E-state index < -0.39 is 0 Å². The zero-order chi connectivity index (χ0) is 15.7. The highest BCUT2D eigenvalue weighted by Gasteiger charge is 2.70. The molecule has 0 aromatic rings. The second-order valence-electron chi connectivity index (χ2n) is 9.75. The van der Waals surface area contributed by atoms with Crippen LogP contribution in [0.25, 0.3) is 0 Å². The van der Waals surface area contributed by atoms with Crippen LogP contribution >= 0.6 is 0 Å². The lowest BCUT2D eigenvalue weighted by Gasteiger charge is -2.66. The summed E-state index contributed by atoms with van der Waals surface area (Å²) in [5.41, 5.74) is 4.36. The lowest BCUT2D eigenvalue weighted by molar-refractivity contribution is -0.166. The molecule has 112 valence electrons. The molecule has 1 rings (SSSR count). The Morgan fingerprint density at radius 3 is 0.895 bits per heavy atom. The zero-order valence-corrected chi connectivity index (χ0v) is 15.5. The van der Waals surface area contributed by atoms with Crippen LogP contribution in [0.3, 0.4) is 0 Å². The molecular formula is C19H36. The van der Waals surface area contributed by atoms with E-state index >= 15 is 0 Å². The zero-order valence-electron chi connectivity index (χ0n) is 15.5. The Balaban J connectivity index is 3.87. The van der Waals surface area contributed by atoms with Gasteiger partial charge in [0.15, 0.2) is 0 Å². The molecule has 0 fully saturated rings. The first-order valence-corrected chi connectivity index (χ1v) is 7.75. The number of hydrogen-bond acceptors (Lipinski definition) is 0. The van der Waals surface area contributed by atoms with Crippen molar-refractivity contribution in [1.82, 2.24) is 0 Å². The van der Waals surface area contributed by atoms with E-state index in [9.17, 15) is 0 Å². The van der Waals surface area contributed by atoms with Gasteiger partial charge in [0, 0.05) is 0 Å². The topological polar surface area (TPSA) is 0 Å². The maximum Gasteiger partial charge on any atom is -0.00237 e. The Hall–Kier alpha value is -0.260. The molecule has 0 aromatic carbocycles. The molecule has 0 aromatic heterocycles. The Labute approximate surface area is 122 Å². The maximum atomic E-state index is 2.47. The van der Waals surface area contributed by atoms with Crippen LogP contribution in [0.5, 0.6) is 0 Å². The van der Waals surface area contributed by atoms with Crippen LogP contribution in [-0.4, -0.2) is 0 Å². The average Bonchev–Trinajstić information content (AvgIpc) is 2.19. The van der Waals surface area contributed by atoms with Crippen LogP contribution in [0, 0.1) is 27.1 Å². The van der Waals surface area contributed by atoms with Gasteiger partial charge in [-0.05, 0) is 40.9 Å². The highest BCUT2D eigenvalue weighted by molar-refractivity contribution is 5.40. The fourth-order valence-electron chi connectivity index (χ4n) is 7.16. The third-order valence-corrected chi connectivity index (χ3v) is 6.56. The summed E-state index contributed by atoms with van der Waals surface area (Å²) >= 11 is 0. The third-order valence-electron chi connectivity index (χ3n) is 6.56. The van der Waals surface area contributed by atoms with Gasteiger partial charge in [-0.25, -0.2) is 0 Å². The molecule has 0 radical (unpaired) electrons. The Bertz CT molecular complexity index is 362. The lowest BCUT2D eigenvalue weighted by atomic mass is 9.38. The van der Waals surface area contributed by atoms with Crippen molar-refractivity contribution in [2.45, 2.75) is 83.1 Å². The van der Waals surface area contributed by atoms with Gasteiger partial charge < -0.3 is 0 Å². The first-order chi connectivity index (χ1) is 8.07. The molecule has 19 heavy (non-hydrogen) atoms. The summed E-state index contributed by atoms with van der Waals surface area (Å²) in [6.45, 7) is 29.2. The highest BCUT2D eigenvalue weighted by atomic mass is 14.7. The second kappa shape index (κ2) is 3.89. The Morgan fingerprint density at radius 1 is 0.579 bits per heavy atom. The van der Waals surface area contributed by atoms with E-state index in [0.717, 1.165) is 0 Å². The van der Waals surface area contributed by atoms with Gasteiger partial charge in [0.1, 0.15) is 0 Å². The number of hydrogen-bond donors (Lipinski definition) is 0. The van der Waals surface area contributed by atoms with E-state index in [4.69, 9.17) is 0 Å². The predicted molar refractivity (Wildman–Crippen MR) is 87.3 cm³/mol. The van der Waals surface area contributed by atoms with E-state index in [0.29, 0.717) is 0 Å². The SMILES string of the molecule is CC1=C(C)C(C)(C)C(C(C)(C)C)(C(C)(C)C)C1(C)C. The highest BCUT2D eigenvalue weighted by Crippen LogP contribution is 2.77. The van der Waals surface area contributed by atoms with E-state index in [1.165, 1.54) is 0 Å². The minimum Gasteiger partial charge on any atom is -0.0676 e. The van der Waals surface area contributed by atoms with Crippen molar-refractivity contribution in [2.24, 2.45) is 27.1 Å². The van der Waals surface area contributed by atoms with Gasteiger partial charge in [-0.3, -0.25) is 0 Å². The van der Waals surface area contributed by atoms with Gasteiger partial charge in [-0.1, -0.05) is 80.4 Å². The second-order valence-corrected chi connectivity index (χ2v) is 9.75. The quantitative estimate of drug-likeness (QED) is 0.440. The summed E-state index contributed by atoms with van der Waals surface area (Å²) in [5, 5.41) is 0. The first kappa shape index (κ1) is 16.8. The molecule has 0 spiro atoms. The summed E-state index contributed by atoms with van der Waals surface area (Å²) in [6, 6.07) is 0. The van der Waals surface area contributed by atoms with Crippen molar-refractivity contribution in [1.29, 1.82) is 0 Å². The van der Waals surface area contributed by atoms with Gasteiger partial charge >= 0.3 is 0 Å². The summed E-state index contributed by atoms with van der Waals surface area (Å²) in [7, 11) is 0. The fourth-order valence-corrected chi connectivity index (χ4v) is 7.16. The molecule has 0 bridgehead atoms. The molecule has 0 heteroatoms. The summed E-state index contributed by atoms with van der Waals surface area (Å²) < 4.78 is 0. The van der Waals surface area contributed by atoms with Gasteiger partial charge in [-0.15, -0.1) is 0 Å². The van der Waals surface area contributed by atoms with Gasteiger partial charge in [0.05, 0.1) is 0 Å². The fraction of sp³-hybridized carbons (Fsp3) is 0.895. The predicted octanol–water partition coefficient (Wildman–Crippen LogP) is 6.47. The smallest absolute Gasteiger partial charge is 0.00237 e. The molecule has 1 aliphatic rings. The first-order valence-electron chi connectivity index (χ1n) is 7.75. The molecule has 0 nitrogen and oxygen atoms in total. The lowest BCUT2D eigenvalue weighted by Crippen LogP contribution is -2.60. The van der Waals surface area contributed by atoms with Gasteiger partial charge in [-0.2, -0.15) is 0 Å². The Kier molecular flexibility index (Phi) is 3.44. The van der Waals surface area contributed by atoms with Crippen LogP contribution in [0.2, 0.25) is 0 Å². The molecule has 0 unspecified atom stereocenters. The minimum absolute atomic E-state index is 0.219. The molecule has 1 aliphatic carbocycles. The van der Waals surface area contributed by atoms with Crippen molar-refractivity contribution >= 4 is 0 Å². The minimum atomic E-state index is 0.219. The van der Waals surface area contributed by atoms with Crippen molar-refractivity contribution in [3.05, 3.63) is 11.1 Å². The normalized spacial score (nSPS) is 25.9. The van der Waals surface area contributed by atoms with Crippen LogP contribution < -0.4 is 0 Å². The molecule has 0 N–H and O–H groups in total. The largest absolute Gasteiger partial charge is 0.0676 e. The van der Waals surface area contributed by atoms with Crippen LogP contribution in [-0.2, 0) is 0 Å². The average molecular weight is 264 g/mol. The van der Waals surface area contributed by atoms with Gasteiger partial charge in [0.2, 0.25) is 0 Å². The third kappa shape index (κ3) is 1.64. The summed E-state index contributed by atoms with van der Waals surface area (Å²) in [5.74, 6) is 0. The number of rotatable bonds is 0. The molecular weight excluding hydrogens is 228 g/mol. The molecule has 0 saturated heterocycles. The molecule has 0 aliphatic heterocycles. The monoisotopic (exact) mass is 264 g/mol. The molecule has 0 amide bonds. The van der Waals surface area contributed by atoms with E-state index in [-0.39, 0.29) is 27.1 Å².